The van der Waals surface area contributed by atoms with E-state index in [9.17, 15) is 4.79 Å². The Morgan fingerprint density at radius 1 is 1.75 bits per heavy atom. The van der Waals surface area contributed by atoms with Crippen LogP contribution in [-0.2, 0) is 9.53 Å². The monoisotopic (exact) mass is 113 g/mol. The van der Waals surface area contributed by atoms with Gasteiger partial charge < -0.3 is 4.74 Å². The molecule has 0 heterocycles. The molecule has 0 N–H and O–H groups in total. The van der Waals surface area contributed by atoms with Crippen LogP contribution in [-0.4, -0.2) is 13.1 Å². The number of methoxy groups -OCH3 is 1. The SMILES string of the molecule is [CH2]/C(=C/C)C(=O)OC. The zero-order valence-corrected chi connectivity index (χ0v) is 5.10. The Morgan fingerprint density at radius 3 is 2.38 bits per heavy atom. The van der Waals surface area contributed by atoms with Gasteiger partial charge in [0, 0.05) is 5.57 Å². The maximum atomic E-state index is 10.4. The van der Waals surface area contributed by atoms with Crippen molar-refractivity contribution in [1.29, 1.82) is 0 Å². The fraction of sp³-hybridized carbons (Fsp3) is 0.333. The second kappa shape index (κ2) is 3.24. The quantitative estimate of drug-likeness (QED) is 0.373. The number of ether oxygens (including phenoxy) is 1. The largest absolute Gasteiger partial charge is 0.466 e. The van der Waals surface area contributed by atoms with Gasteiger partial charge in [-0.2, -0.15) is 0 Å². The number of carbonyl (C=O) groups is 1. The van der Waals surface area contributed by atoms with E-state index < -0.39 is 0 Å². The summed E-state index contributed by atoms with van der Waals surface area (Å²) in [5.41, 5.74) is 0.396. The van der Waals surface area contributed by atoms with Gasteiger partial charge in [0.25, 0.3) is 0 Å². The first-order valence-electron chi connectivity index (χ1n) is 2.29. The highest BCUT2D eigenvalue weighted by atomic mass is 16.5. The first-order chi connectivity index (χ1) is 3.72. The van der Waals surface area contributed by atoms with Crippen molar-refractivity contribution in [3.8, 4) is 0 Å². The summed E-state index contributed by atoms with van der Waals surface area (Å²) in [6.45, 7) is 5.15. The Morgan fingerprint density at radius 2 is 2.25 bits per heavy atom. The smallest absolute Gasteiger partial charge is 0.333 e. The highest BCUT2D eigenvalue weighted by Crippen LogP contribution is 1.91. The molecule has 1 radical (unpaired) electrons. The highest BCUT2D eigenvalue weighted by Gasteiger charge is 1.98. The van der Waals surface area contributed by atoms with Gasteiger partial charge in [-0.25, -0.2) is 4.79 Å². The predicted octanol–water partition coefficient (Wildman–Crippen LogP) is 0.940. The van der Waals surface area contributed by atoms with Gasteiger partial charge in [-0.15, -0.1) is 0 Å². The molecule has 0 atom stereocenters. The lowest BCUT2D eigenvalue weighted by molar-refractivity contribution is -0.135. The van der Waals surface area contributed by atoms with Crippen LogP contribution in [0, 0.1) is 6.92 Å². The first-order valence-corrected chi connectivity index (χ1v) is 2.29. The average molecular weight is 113 g/mol. The highest BCUT2D eigenvalue weighted by molar-refractivity contribution is 5.89. The molecule has 0 aromatic heterocycles. The van der Waals surface area contributed by atoms with Gasteiger partial charge in [0.2, 0.25) is 0 Å². The summed E-state index contributed by atoms with van der Waals surface area (Å²) in [5.74, 6) is -0.368. The van der Waals surface area contributed by atoms with Crippen LogP contribution in [0.1, 0.15) is 6.92 Å². The number of esters is 1. The van der Waals surface area contributed by atoms with Crippen molar-refractivity contribution in [3.63, 3.8) is 0 Å². The second-order valence-electron chi connectivity index (χ2n) is 1.31. The molecular weight excluding hydrogens is 104 g/mol. The molecule has 0 aliphatic rings. The second-order valence-corrected chi connectivity index (χ2v) is 1.31. The lowest BCUT2D eigenvalue weighted by Gasteiger charge is -1.93. The first kappa shape index (κ1) is 7.21. The summed E-state index contributed by atoms with van der Waals surface area (Å²) < 4.78 is 4.33. The third kappa shape index (κ3) is 1.78. The van der Waals surface area contributed by atoms with Gasteiger partial charge in [-0.05, 0) is 13.8 Å². The molecule has 2 heteroatoms. The molecule has 0 aliphatic heterocycles. The minimum Gasteiger partial charge on any atom is -0.466 e. The van der Waals surface area contributed by atoms with E-state index in [1.165, 1.54) is 7.11 Å². The molecule has 2 nitrogen and oxygen atoms in total. The number of rotatable bonds is 1. The maximum absolute atomic E-state index is 10.4. The molecule has 0 fully saturated rings. The third-order valence-electron chi connectivity index (χ3n) is 0.796. The molecule has 0 saturated carbocycles. The van der Waals surface area contributed by atoms with E-state index in [0.717, 1.165) is 0 Å². The van der Waals surface area contributed by atoms with Crippen LogP contribution in [0.3, 0.4) is 0 Å². The summed E-state index contributed by atoms with van der Waals surface area (Å²) in [4.78, 5) is 10.4. The number of hydrogen-bond acceptors (Lipinski definition) is 2. The molecule has 8 heavy (non-hydrogen) atoms. The van der Waals surface area contributed by atoms with Crippen molar-refractivity contribution in [2.24, 2.45) is 0 Å². The predicted molar refractivity (Wildman–Crippen MR) is 31.1 cm³/mol. The Balaban J connectivity index is 3.83. The molecule has 0 spiro atoms. The fourth-order valence-corrected chi connectivity index (χ4v) is 0.249. The normalized spacial score (nSPS) is 11.1. The summed E-state index contributed by atoms with van der Waals surface area (Å²) in [7, 11) is 1.33. The van der Waals surface area contributed by atoms with Crippen LogP contribution in [0.15, 0.2) is 11.6 Å². The van der Waals surface area contributed by atoms with Crippen molar-refractivity contribution in [3.05, 3.63) is 18.6 Å². The van der Waals surface area contributed by atoms with Crippen LogP contribution in [0.2, 0.25) is 0 Å². The van der Waals surface area contributed by atoms with E-state index >= 15 is 0 Å². The molecule has 0 saturated heterocycles. The van der Waals surface area contributed by atoms with Gasteiger partial charge in [-0.3, -0.25) is 0 Å². The van der Waals surface area contributed by atoms with Crippen LogP contribution >= 0.6 is 0 Å². The summed E-state index contributed by atoms with van der Waals surface area (Å²) >= 11 is 0. The molecule has 0 rings (SSSR count). The zero-order valence-electron chi connectivity index (χ0n) is 5.10. The topological polar surface area (TPSA) is 26.3 Å². The van der Waals surface area contributed by atoms with Gasteiger partial charge in [0.05, 0.1) is 7.11 Å². The van der Waals surface area contributed by atoms with Crippen LogP contribution in [0.25, 0.3) is 0 Å². The summed E-state index contributed by atoms with van der Waals surface area (Å²) in [6, 6.07) is 0. The lowest BCUT2D eigenvalue weighted by Crippen LogP contribution is -2.00. The van der Waals surface area contributed by atoms with Gasteiger partial charge in [-0.1, -0.05) is 6.08 Å². The van der Waals surface area contributed by atoms with E-state index in [1.54, 1.807) is 13.0 Å². The lowest BCUT2D eigenvalue weighted by atomic mass is 10.3. The molecule has 0 aliphatic carbocycles. The van der Waals surface area contributed by atoms with Crippen molar-refractivity contribution in [1.82, 2.24) is 0 Å². The third-order valence-corrected chi connectivity index (χ3v) is 0.796. The van der Waals surface area contributed by atoms with E-state index in [-0.39, 0.29) is 5.97 Å². The maximum Gasteiger partial charge on any atom is 0.333 e. The van der Waals surface area contributed by atoms with E-state index in [2.05, 4.69) is 11.7 Å². The molecule has 0 bridgehead atoms. The Hall–Kier alpha value is -0.790. The average Bonchev–Trinajstić information content (AvgIpc) is 1.84. The minimum absolute atomic E-state index is 0.368. The molecule has 0 aromatic carbocycles. The van der Waals surface area contributed by atoms with Crippen LogP contribution in [0.4, 0.5) is 0 Å². The van der Waals surface area contributed by atoms with Crippen molar-refractivity contribution >= 4 is 5.97 Å². The van der Waals surface area contributed by atoms with Gasteiger partial charge >= 0.3 is 5.97 Å². The van der Waals surface area contributed by atoms with Crippen molar-refractivity contribution < 1.29 is 9.53 Å². The van der Waals surface area contributed by atoms with E-state index in [0.29, 0.717) is 5.57 Å². The van der Waals surface area contributed by atoms with Crippen molar-refractivity contribution in [2.45, 2.75) is 6.92 Å². The Labute approximate surface area is 49.1 Å². The van der Waals surface area contributed by atoms with Crippen LogP contribution < -0.4 is 0 Å². The van der Waals surface area contributed by atoms with Crippen LogP contribution in [0.5, 0.6) is 0 Å². The molecule has 0 amide bonds. The van der Waals surface area contributed by atoms with Gasteiger partial charge in [0.1, 0.15) is 0 Å². The Bertz CT molecular complexity index is 114. The van der Waals surface area contributed by atoms with Gasteiger partial charge in [0.15, 0.2) is 0 Å². The molecular formula is C6H9O2. The Kier molecular flexibility index (Phi) is 2.92. The molecule has 0 unspecified atom stereocenters. The minimum atomic E-state index is -0.368. The summed E-state index contributed by atoms with van der Waals surface area (Å²) in [6.07, 6.45) is 1.60. The summed E-state index contributed by atoms with van der Waals surface area (Å²) in [5, 5.41) is 0. The standard InChI is InChI=1S/C6H9O2/c1-4-5(2)6(7)8-3/h4H,2H2,1,3H3/b5-4-. The number of carbonyl (C=O) groups excluding carboxylic acids is 1. The number of hydrogen-bond donors (Lipinski definition) is 0. The van der Waals surface area contributed by atoms with Crippen molar-refractivity contribution in [2.75, 3.05) is 7.11 Å². The fourth-order valence-electron chi connectivity index (χ4n) is 0.249. The molecule has 45 valence electrons. The zero-order chi connectivity index (χ0) is 6.57. The van der Waals surface area contributed by atoms with E-state index in [4.69, 9.17) is 0 Å². The molecule has 0 aromatic rings. The van der Waals surface area contributed by atoms with E-state index in [1.807, 2.05) is 0 Å². The number of allylic oxidation sites excluding steroid dienone is 1.